The largest absolute Gasteiger partial charge is 0.326 e. The zero-order valence-corrected chi connectivity index (χ0v) is 21.5. The van der Waals surface area contributed by atoms with Crippen LogP contribution in [0.3, 0.4) is 0 Å². The van der Waals surface area contributed by atoms with Crippen molar-refractivity contribution in [1.29, 1.82) is 0 Å². The van der Waals surface area contributed by atoms with Gasteiger partial charge in [-0.25, -0.2) is 9.50 Å². The Balaban J connectivity index is 0.000000331. The molecule has 0 fully saturated rings. The Hall–Kier alpha value is -3.61. The van der Waals surface area contributed by atoms with Crippen LogP contribution in [0.5, 0.6) is 0 Å². The number of pyridine rings is 1. The molecule has 6 nitrogen and oxygen atoms in total. The summed E-state index contributed by atoms with van der Waals surface area (Å²) in [6, 6.07) is 16.6. The molecule has 2 aromatic carbocycles. The summed E-state index contributed by atoms with van der Waals surface area (Å²) in [7, 11) is 0. The Morgan fingerprint density at radius 2 is 1.69 bits per heavy atom. The van der Waals surface area contributed by atoms with E-state index in [9.17, 15) is 0 Å². The second-order valence-electron chi connectivity index (χ2n) is 9.05. The van der Waals surface area contributed by atoms with Gasteiger partial charge in [-0.05, 0) is 61.7 Å². The summed E-state index contributed by atoms with van der Waals surface area (Å²) in [4.78, 5) is 9.21. The molecular weight excluding hydrogens is 444 g/mol. The van der Waals surface area contributed by atoms with E-state index >= 15 is 0 Å². The maximum atomic E-state index is 5.77. The summed E-state index contributed by atoms with van der Waals surface area (Å²) in [6.07, 6.45) is 11.5. The van der Waals surface area contributed by atoms with Crippen LogP contribution < -0.4 is 11.1 Å². The van der Waals surface area contributed by atoms with E-state index in [0.717, 1.165) is 44.4 Å². The minimum absolute atomic E-state index is 0.502. The lowest BCUT2D eigenvalue weighted by atomic mass is 10.0. The third-order valence-electron chi connectivity index (χ3n) is 6.21. The van der Waals surface area contributed by atoms with Gasteiger partial charge in [-0.15, -0.1) is 0 Å². The topological polar surface area (TPSA) is 81.1 Å². The maximum Gasteiger partial charge on any atom is 0.162 e. The van der Waals surface area contributed by atoms with Gasteiger partial charge in [-0.3, -0.25) is 4.98 Å². The number of nitrogens with zero attached hydrogens (tertiary/aromatic N) is 4. The number of nitrogens with two attached hydrogens (primary N) is 1. The van der Waals surface area contributed by atoms with Crippen molar-refractivity contribution in [3.05, 3.63) is 84.4 Å². The molecule has 0 atom stereocenters. The van der Waals surface area contributed by atoms with Crippen LogP contribution in [0.4, 0.5) is 0 Å². The number of benzene rings is 2. The number of hydrogen-bond donors (Lipinski definition) is 2. The Morgan fingerprint density at radius 3 is 2.44 bits per heavy atom. The summed E-state index contributed by atoms with van der Waals surface area (Å²) in [5, 5.41) is 8.96. The predicted octanol–water partition coefficient (Wildman–Crippen LogP) is 6.16. The van der Waals surface area contributed by atoms with Crippen LogP contribution in [-0.2, 0) is 6.54 Å². The molecule has 0 aliphatic rings. The standard InChI is InChI=1S/C23H19N5.C7H17N/c1-15-2-5-17(6-3-15)18-12-26-23-21(13-27-28(23)14-18)19-8-9-25-22-10-16(11-24)4-7-20(19)22;1-3-5-7-8-6-4-2/h2-10,12-14H,11,24H2,1H3;8H,3-7H2,1-2H3. The molecule has 3 aromatic heterocycles. The van der Waals surface area contributed by atoms with E-state index in [1.54, 1.807) is 0 Å². The Bertz CT molecular complexity index is 1400. The molecule has 3 N–H and O–H groups in total. The minimum Gasteiger partial charge on any atom is -0.326 e. The lowest BCUT2D eigenvalue weighted by molar-refractivity contribution is 0.633. The van der Waals surface area contributed by atoms with Crippen LogP contribution in [0.25, 0.3) is 38.8 Å². The van der Waals surface area contributed by atoms with Gasteiger partial charge in [-0.1, -0.05) is 62.2 Å². The number of hydrogen-bond acceptors (Lipinski definition) is 5. The van der Waals surface area contributed by atoms with Crippen molar-refractivity contribution in [3.63, 3.8) is 0 Å². The second-order valence-corrected chi connectivity index (χ2v) is 9.05. The van der Waals surface area contributed by atoms with Crippen LogP contribution in [0, 0.1) is 6.92 Å². The summed E-state index contributed by atoms with van der Waals surface area (Å²) < 4.78 is 1.84. The maximum absolute atomic E-state index is 5.77. The van der Waals surface area contributed by atoms with Gasteiger partial charge < -0.3 is 11.1 Å². The van der Waals surface area contributed by atoms with Gasteiger partial charge >= 0.3 is 0 Å². The first-order valence-electron chi connectivity index (χ1n) is 12.8. The van der Waals surface area contributed by atoms with E-state index in [1.165, 1.54) is 37.9 Å². The zero-order chi connectivity index (χ0) is 25.3. The van der Waals surface area contributed by atoms with Crippen molar-refractivity contribution in [1.82, 2.24) is 24.9 Å². The third kappa shape index (κ3) is 5.96. The van der Waals surface area contributed by atoms with E-state index in [4.69, 9.17) is 10.7 Å². The molecule has 186 valence electrons. The highest BCUT2D eigenvalue weighted by atomic mass is 15.2. The fourth-order valence-corrected chi connectivity index (χ4v) is 4.12. The zero-order valence-electron chi connectivity index (χ0n) is 21.5. The van der Waals surface area contributed by atoms with Crippen molar-refractivity contribution >= 4 is 16.6 Å². The summed E-state index contributed by atoms with van der Waals surface area (Å²) in [6.45, 7) is 9.37. The third-order valence-corrected chi connectivity index (χ3v) is 6.21. The van der Waals surface area contributed by atoms with Gasteiger partial charge in [-0.2, -0.15) is 5.10 Å². The highest BCUT2D eigenvalue weighted by molar-refractivity contribution is 5.97. The normalized spacial score (nSPS) is 11.0. The summed E-state index contributed by atoms with van der Waals surface area (Å²) >= 11 is 0. The van der Waals surface area contributed by atoms with Crippen LogP contribution in [0.2, 0.25) is 0 Å². The highest BCUT2D eigenvalue weighted by Crippen LogP contribution is 2.31. The molecular formula is C30H36N6. The van der Waals surface area contributed by atoms with Gasteiger partial charge in [0.05, 0.1) is 11.7 Å². The van der Waals surface area contributed by atoms with E-state index in [1.807, 2.05) is 47.5 Å². The average Bonchev–Trinajstić information content (AvgIpc) is 3.34. The first-order chi connectivity index (χ1) is 17.6. The van der Waals surface area contributed by atoms with Crippen molar-refractivity contribution in [2.45, 2.75) is 46.6 Å². The molecule has 0 spiro atoms. The van der Waals surface area contributed by atoms with Crippen LogP contribution in [0.1, 0.15) is 44.2 Å². The lowest BCUT2D eigenvalue weighted by Gasteiger charge is -2.07. The molecule has 0 saturated heterocycles. The average molecular weight is 481 g/mol. The molecule has 0 unspecified atom stereocenters. The van der Waals surface area contributed by atoms with Crippen molar-refractivity contribution in [2.75, 3.05) is 13.1 Å². The molecule has 0 aliphatic carbocycles. The molecule has 6 heteroatoms. The van der Waals surface area contributed by atoms with Crippen LogP contribution in [-0.4, -0.2) is 32.7 Å². The van der Waals surface area contributed by atoms with Crippen molar-refractivity contribution in [3.8, 4) is 22.3 Å². The van der Waals surface area contributed by atoms with Gasteiger partial charge in [0.1, 0.15) is 0 Å². The van der Waals surface area contributed by atoms with Gasteiger partial charge in [0.15, 0.2) is 5.65 Å². The first kappa shape index (κ1) is 25.5. The Labute approximate surface area is 213 Å². The molecule has 0 bridgehead atoms. The van der Waals surface area contributed by atoms with Gasteiger partial charge in [0.2, 0.25) is 0 Å². The molecule has 0 radical (unpaired) electrons. The lowest BCUT2D eigenvalue weighted by Crippen LogP contribution is -2.15. The van der Waals surface area contributed by atoms with Crippen LogP contribution in [0.15, 0.2) is 73.3 Å². The monoisotopic (exact) mass is 480 g/mol. The van der Waals surface area contributed by atoms with Crippen molar-refractivity contribution < 1.29 is 0 Å². The Kier molecular flexibility index (Phi) is 8.76. The van der Waals surface area contributed by atoms with E-state index in [2.05, 4.69) is 66.5 Å². The smallest absolute Gasteiger partial charge is 0.162 e. The van der Waals surface area contributed by atoms with E-state index < -0.39 is 0 Å². The number of aromatic nitrogens is 4. The van der Waals surface area contributed by atoms with E-state index in [-0.39, 0.29) is 0 Å². The number of fused-ring (bicyclic) bond motifs is 2. The molecule has 5 aromatic rings. The summed E-state index contributed by atoms with van der Waals surface area (Å²) in [5.41, 5.74) is 14.0. The van der Waals surface area contributed by atoms with E-state index in [0.29, 0.717) is 6.54 Å². The highest BCUT2D eigenvalue weighted by Gasteiger charge is 2.13. The number of nitrogens with one attached hydrogen (secondary N) is 1. The molecule has 0 amide bonds. The number of unbranched alkanes of at least 4 members (excludes halogenated alkanes) is 1. The number of rotatable bonds is 8. The fraction of sp³-hybridized carbons (Fsp3) is 0.300. The minimum atomic E-state index is 0.502. The van der Waals surface area contributed by atoms with Gasteiger partial charge in [0.25, 0.3) is 0 Å². The molecule has 0 saturated carbocycles. The van der Waals surface area contributed by atoms with Gasteiger partial charge in [0, 0.05) is 41.6 Å². The first-order valence-corrected chi connectivity index (χ1v) is 12.8. The predicted molar refractivity (Wildman–Crippen MR) is 150 cm³/mol. The summed E-state index contributed by atoms with van der Waals surface area (Å²) in [5.74, 6) is 0. The number of aryl methyl sites for hydroxylation is 1. The van der Waals surface area contributed by atoms with Crippen LogP contribution >= 0.6 is 0 Å². The Morgan fingerprint density at radius 1 is 0.861 bits per heavy atom. The molecule has 5 rings (SSSR count). The molecule has 36 heavy (non-hydrogen) atoms. The molecule has 3 heterocycles. The second kappa shape index (κ2) is 12.4. The molecule has 0 aliphatic heterocycles. The quantitative estimate of drug-likeness (QED) is 0.260. The van der Waals surface area contributed by atoms with Crippen molar-refractivity contribution in [2.24, 2.45) is 5.73 Å². The fourth-order valence-electron chi connectivity index (χ4n) is 4.12. The SMILES string of the molecule is CCCCNCCC.Cc1ccc(-c2cnc3c(-c4ccnc5cc(CN)ccc45)cnn3c2)cc1.